The average Bonchev–Trinajstić information content (AvgIpc) is 2.81. The van der Waals surface area contributed by atoms with E-state index in [1.54, 1.807) is 24.7 Å². The first kappa shape index (κ1) is 16.0. The first-order valence-electron chi connectivity index (χ1n) is 6.70. The van der Waals surface area contributed by atoms with Gasteiger partial charge in [-0.2, -0.15) is 5.10 Å². The van der Waals surface area contributed by atoms with Crippen LogP contribution in [0.2, 0.25) is 0 Å². The van der Waals surface area contributed by atoms with Gasteiger partial charge in [0.15, 0.2) is 0 Å². The maximum Gasteiger partial charge on any atom is 0.329 e. The largest absolute Gasteiger partial charge is 0.480 e. The molecular weight excluding hydrogens is 260 g/mol. The Labute approximate surface area is 118 Å². The van der Waals surface area contributed by atoms with Crippen molar-refractivity contribution >= 4 is 12.0 Å². The molecule has 0 saturated carbocycles. The summed E-state index contributed by atoms with van der Waals surface area (Å²) < 4.78 is 1.69. The van der Waals surface area contributed by atoms with Gasteiger partial charge in [-0.15, -0.1) is 0 Å². The summed E-state index contributed by atoms with van der Waals surface area (Å²) in [4.78, 5) is 23.0. The number of urea groups is 1. The Balaban J connectivity index is 2.44. The minimum absolute atomic E-state index is 0.342. The van der Waals surface area contributed by atoms with Crippen LogP contribution in [0.5, 0.6) is 0 Å². The van der Waals surface area contributed by atoms with Crippen molar-refractivity contribution in [1.82, 2.24) is 20.4 Å². The Bertz CT molecular complexity index is 466. The summed E-state index contributed by atoms with van der Waals surface area (Å²) >= 11 is 0. The van der Waals surface area contributed by atoms with Crippen molar-refractivity contribution in [3.8, 4) is 0 Å². The predicted octanol–water partition coefficient (Wildman–Crippen LogP) is 0.905. The molecule has 1 rings (SSSR count). The van der Waals surface area contributed by atoms with Crippen LogP contribution in [0.1, 0.15) is 32.3 Å². The van der Waals surface area contributed by atoms with Crippen molar-refractivity contribution in [3.05, 3.63) is 18.0 Å². The maximum absolute atomic E-state index is 11.8. The van der Waals surface area contributed by atoms with Crippen molar-refractivity contribution < 1.29 is 14.7 Å². The number of hydrogen-bond acceptors (Lipinski definition) is 3. The van der Waals surface area contributed by atoms with Crippen LogP contribution in [0.25, 0.3) is 0 Å². The fourth-order valence-corrected chi connectivity index (χ4v) is 1.97. The zero-order chi connectivity index (χ0) is 15.2. The minimum atomic E-state index is -1.20. The van der Waals surface area contributed by atoms with Crippen LogP contribution in [0.3, 0.4) is 0 Å². The SMILES string of the molecule is CCC(CC)(NC(=O)NCCc1cnn(C)c1)C(=O)O. The normalized spacial score (nSPS) is 11.2. The molecule has 0 aliphatic carbocycles. The summed E-state index contributed by atoms with van der Waals surface area (Å²) in [5.74, 6) is -1.01. The van der Waals surface area contributed by atoms with Crippen LogP contribution in [0.15, 0.2) is 12.4 Å². The summed E-state index contributed by atoms with van der Waals surface area (Å²) in [6, 6.07) is -0.458. The molecule has 0 spiro atoms. The van der Waals surface area contributed by atoms with E-state index >= 15 is 0 Å². The van der Waals surface area contributed by atoms with Crippen molar-refractivity contribution in [2.24, 2.45) is 7.05 Å². The topological polar surface area (TPSA) is 96.3 Å². The quantitative estimate of drug-likeness (QED) is 0.692. The van der Waals surface area contributed by atoms with Gasteiger partial charge in [-0.3, -0.25) is 4.68 Å². The smallest absolute Gasteiger partial charge is 0.329 e. The van der Waals surface area contributed by atoms with Crippen LogP contribution in [-0.4, -0.2) is 39.0 Å². The molecule has 2 amide bonds. The molecule has 1 heterocycles. The fourth-order valence-electron chi connectivity index (χ4n) is 1.97. The molecule has 0 radical (unpaired) electrons. The lowest BCUT2D eigenvalue weighted by molar-refractivity contribution is -0.144. The number of amides is 2. The highest BCUT2D eigenvalue weighted by Crippen LogP contribution is 2.15. The number of hydrogen-bond donors (Lipinski definition) is 3. The number of nitrogens with zero attached hydrogens (tertiary/aromatic N) is 2. The zero-order valence-electron chi connectivity index (χ0n) is 12.1. The first-order valence-corrected chi connectivity index (χ1v) is 6.70. The van der Waals surface area contributed by atoms with E-state index in [2.05, 4.69) is 15.7 Å². The Hall–Kier alpha value is -2.05. The molecule has 3 N–H and O–H groups in total. The van der Waals surface area contributed by atoms with Crippen LogP contribution in [0.4, 0.5) is 4.79 Å². The highest BCUT2D eigenvalue weighted by atomic mass is 16.4. The van der Waals surface area contributed by atoms with Crippen molar-refractivity contribution in [2.45, 2.75) is 38.6 Å². The molecule has 0 aliphatic rings. The molecule has 0 aromatic carbocycles. The summed E-state index contributed by atoms with van der Waals surface area (Å²) in [5.41, 5.74) is -0.179. The number of carbonyl (C=O) groups excluding carboxylic acids is 1. The van der Waals surface area contributed by atoms with E-state index in [9.17, 15) is 14.7 Å². The van der Waals surface area contributed by atoms with Crippen molar-refractivity contribution in [1.29, 1.82) is 0 Å². The van der Waals surface area contributed by atoms with E-state index in [1.807, 2.05) is 13.2 Å². The number of aromatic nitrogens is 2. The molecule has 7 nitrogen and oxygen atoms in total. The summed E-state index contributed by atoms with van der Waals surface area (Å²) in [6.07, 6.45) is 4.95. The lowest BCUT2D eigenvalue weighted by Crippen LogP contribution is -2.56. The lowest BCUT2D eigenvalue weighted by Gasteiger charge is -2.28. The van der Waals surface area contributed by atoms with Gasteiger partial charge in [0.1, 0.15) is 5.54 Å². The molecule has 1 aromatic heterocycles. The molecule has 20 heavy (non-hydrogen) atoms. The molecule has 0 saturated heterocycles. The third-order valence-electron chi connectivity index (χ3n) is 3.43. The van der Waals surface area contributed by atoms with Crippen LogP contribution < -0.4 is 10.6 Å². The molecule has 0 atom stereocenters. The van der Waals surface area contributed by atoms with E-state index in [0.717, 1.165) is 5.56 Å². The van der Waals surface area contributed by atoms with Gasteiger partial charge in [0.05, 0.1) is 6.20 Å². The molecule has 0 unspecified atom stereocenters. The van der Waals surface area contributed by atoms with E-state index in [-0.39, 0.29) is 0 Å². The minimum Gasteiger partial charge on any atom is -0.480 e. The number of aliphatic carboxylic acids is 1. The monoisotopic (exact) mass is 282 g/mol. The highest BCUT2D eigenvalue weighted by molar-refractivity contribution is 5.86. The Morgan fingerprint density at radius 3 is 2.50 bits per heavy atom. The van der Waals surface area contributed by atoms with Gasteiger partial charge in [0, 0.05) is 19.8 Å². The maximum atomic E-state index is 11.8. The third kappa shape index (κ3) is 3.97. The van der Waals surface area contributed by atoms with Crippen molar-refractivity contribution in [2.75, 3.05) is 6.54 Å². The van der Waals surface area contributed by atoms with Gasteiger partial charge in [-0.05, 0) is 24.8 Å². The summed E-state index contributed by atoms with van der Waals surface area (Å²) in [6.45, 7) is 3.92. The number of carboxylic acids is 1. The number of nitrogens with one attached hydrogen (secondary N) is 2. The number of aryl methyl sites for hydroxylation is 1. The Kier molecular flexibility index (Phi) is 5.54. The number of carbonyl (C=O) groups is 2. The molecule has 7 heteroatoms. The number of rotatable bonds is 7. The Morgan fingerprint density at radius 2 is 2.05 bits per heavy atom. The molecule has 0 bridgehead atoms. The van der Waals surface area contributed by atoms with E-state index in [4.69, 9.17) is 0 Å². The molecule has 1 aromatic rings. The van der Waals surface area contributed by atoms with Crippen LogP contribution in [0, 0.1) is 0 Å². The van der Waals surface area contributed by atoms with E-state index in [1.165, 1.54) is 0 Å². The van der Waals surface area contributed by atoms with Gasteiger partial charge in [0.25, 0.3) is 0 Å². The molecule has 112 valence electrons. The van der Waals surface area contributed by atoms with Gasteiger partial charge in [-0.1, -0.05) is 13.8 Å². The van der Waals surface area contributed by atoms with Gasteiger partial charge in [-0.25, -0.2) is 9.59 Å². The van der Waals surface area contributed by atoms with E-state index < -0.39 is 17.5 Å². The predicted molar refractivity (Wildman–Crippen MR) is 74.4 cm³/mol. The lowest BCUT2D eigenvalue weighted by atomic mass is 9.93. The Morgan fingerprint density at radius 1 is 1.40 bits per heavy atom. The summed E-state index contributed by atoms with van der Waals surface area (Å²) in [7, 11) is 1.83. The van der Waals surface area contributed by atoms with Crippen molar-refractivity contribution in [3.63, 3.8) is 0 Å². The second kappa shape index (κ2) is 6.93. The fraction of sp³-hybridized carbons (Fsp3) is 0.615. The van der Waals surface area contributed by atoms with Crippen LogP contribution >= 0.6 is 0 Å². The van der Waals surface area contributed by atoms with Gasteiger partial charge < -0.3 is 15.7 Å². The zero-order valence-corrected chi connectivity index (χ0v) is 12.1. The van der Waals surface area contributed by atoms with Gasteiger partial charge >= 0.3 is 12.0 Å². The first-order chi connectivity index (χ1) is 9.43. The number of carboxylic acid groups (broad SMARTS) is 1. The summed E-state index contributed by atoms with van der Waals surface area (Å²) in [5, 5.41) is 18.5. The highest BCUT2D eigenvalue weighted by Gasteiger charge is 2.36. The second-order valence-electron chi connectivity index (χ2n) is 4.75. The standard InChI is InChI=1S/C13H22N4O3/c1-4-13(5-2,11(18)19)16-12(20)14-7-6-10-8-15-17(3)9-10/h8-9H,4-7H2,1-3H3,(H,18,19)(H2,14,16,20). The van der Waals surface area contributed by atoms with E-state index in [0.29, 0.717) is 25.8 Å². The average molecular weight is 282 g/mol. The molecular formula is C13H22N4O3. The second-order valence-corrected chi connectivity index (χ2v) is 4.75. The third-order valence-corrected chi connectivity index (χ3v) is 3.43. The van der Waals surface area contributed by atoms with Gasteiger partial charge in [0.2, 0.25) is 0 Å². The molecule has 0 aliphatic heterocycles. The molecule has 0 fully saturated rings. The van der Waals surface area contributed by atoms with Crippen LogP contribution in [-0.2, 0) is 18.3 Å².